The van der Waals surface area contributed by atoms with Crippen LogP contribution < -0.4 is 10.1 Å². The van der Waals surface area contributed by atoms with Crippen LogP contribution in [-0.4, -0.2) is 40.8 Å². The molecule has 2 atom stereocenters. The standard InChI is InChI=1S/C16H17NO5/c1-10(18)15(16(20)21)17-14(19)9-22-13-8-4-6-11-5-2-3-7-12(11)13/h2-8,10,15,18H,9H2,1H3,(H,17,19)(H,20,21)/t10-,15-/m0/s1. The third-order valence-corrected chi connectivity index (χ3v) is 3.17. The van der Waals surface area contributed by atoms with Crippen molar-refractivity contribution < 1.29 is 24.5 Å². The summed E-state index contributed by atoms with van der Waals surface area (Å²) in [5, 5.41) is 22.3. The minimum atomic E-state index is -1.36. The van der Waals surface area contributed by atoms with E-state index >= 15 is 0 Å². The number of aliphatic hydroxyl groups excluding tert-OH is 1. The maximum Gasteiger partial charge on any atom is 0.328 e. The normalized spacial score (nSPS) is 13.4. The van der Waals surface area contributed by atoms with Gasteiger partial charge in [0.05, 0.1) is 6.10 Å². The van der Waals surface area contributed by atoms with Crippen molar-refractivity contribution in [3.05, 3.63) is 42.5 Å². The van der Waals surface area contributed by atoms with Gasteiger partial charge in [-0.3, -0.25) is 4.79 Å². The number of benzene rings is 2. The summed E-state index contributed by atoms with van der Waals surface area (Å²) in [5.41, 5.74) is 0. The molecule has 3 N–H and O–H groups in total. The van der Waals surface area contributed by atoms with Crippen LogP contribution >= 0.6 is 0 Å². The quantitative estimate of drug-likeness (QED) is 0.744. The van der Waals surface area contributed by atoms with Crippen LogP contribution in [0.15, 0.2) is 42.5 Å². The van der Waals surface area contributed by atoms with Crippen molar-refractivity contribution in [3.8, 4) is 5.75 Å². The van der Waals surface area contributed by atoms with Gasteiger partial charge in [-0.2, -0.15) is 0 Å². The van der Waals surface area contributed by atoms with Crippen LogP contribution in [0.2, 0.25) is 0 Å². The molecule has 0 spiro atoms. The molecule has 0 unspecified atom stereocenters. The summed E-state index contributed by atoms with van der Waals surface area (Å²) in [6.45, 7) is 0.967. The minimum Gasteiger partial charge on any atom is -0.483 e. The Hall–Kier alpha value is -2.60. The van der Waals surface area contributed by atoms with Gasteiger partial charge in [0, 0.05) is 5.39 Å². The first kappa shape index (κ1) is 15.8. The first-order valence-corrected chi connectivity index (χ1v) is 6.80. The average molecular weight is 303 g/mol. The zero-order valence-corrected chi connectivity index (χ0v) is 12.0. The SMILES string of the molecule is C[C@H](O)[C@H](NC(=O)COc1cccc2ccccc12)C(=O)O. The molecule has 116 valence electrons. The number of amides is 1. The van der Waals surface area contributed by atoms with Crippen molar-refractivity contribution in [3.63, 3.8) is 0 Å². The van der Waals surface area contributed by atoms with Crippen LogP contribution in [0, 0.1) is 0 Å². The van der Waals surface area contributed by atoms with Gasteiger partial charge >= 0.3 is 5.97 Å². The topological polar surface area (TPSA) is 95.9 Å². The zero-order valence-electron chi connectivity index (χ0n) is 12.0. The Kier molecular flexibility index (Phi) is 4.95. The summed E-state index contributed by atoms with van der Waals surface area (Å²) in [7, 11) is 0. The molecule has 0 aromatic heterocycles. The second kappa shape index (κ2) is 6.91. The van der Waals surface area contributed by atoms with Gasteiger partial charge in [-0.15, -0.1) is 0 Å². The van der Waals surface area contributed by atoms with E-state index in [1.165, 1.54) is 6.92 Å². The number of rotatable bonds is 6. The lowest BCUT2D eigenvalue weighted by molar-refractivity contribution is -0.145. The number of carbonyl (C=O) groups excluding carboxylic acids is 1. The Morgan fingerprint density at radius 3 is 2.55 bits per heavy atom. The molecule has 6 heteroatoms. The van der Waals surface area contributed by atoms with Gasteiger partial charge in [0.15, 0.2) is 12.6 Å². The van der Waals surface area contributed by atoms with Gasteiger partial charge in [-0.1, -0.05) is 36.4 Å². The maximum atomic E-state index is 11.8. The summed E-state index contributed by atoms with van der Waals surface area (Å²) in [4.78, 5) is 22.7. The van der Waals surface area contributed by atoms with E-state index in [-0.39, 0.29) is 6.61 Å². The summed E-state index contributed by atoms with van der Waals surface area (Å²) in [5.74, 6) is -1.37. The summed E-state index contributed by atoms with van der Waals surface area (Å²) >= 11 is 0. The number of nitrogens with one attached hydrogen (secondary N) is 1. The van der Waals surface area contributed by atoms with Crippen LogP contribution in [0.4, 0.5) is 0 Å². The van der Waals surface area contributed by atoms with Crippen LogP contribution in [0.3, 0.4) is 0 Å². The van der Waals surface area contributed by atoms with Crippen molar-refractivity contribution in [2.24, 2.45) is 0 Å². The molecule has 0 aliphatic carbocycles. The number of ether oxygens (including phenoxy) is 1. The highest BCUT2D eigenvalue weighted by molar-refractivity contribution is 5.89. The first-order chi connectivity index (χ1) is 10.5. The average Bonchev–Trinajstić information content (AvgIpc) is 2.49. The van der Waals surface area contributed by atoms with Crippen LogP contribution in [0.25, 0.3) is 10.8 Å². The lowest BCUT2D eigenvalue weighted by Crippen LogP contribution is -2.49. The second-order valence-electron chi connectivity index (χ2n) is 4.89. The molecular weight excluding hydrogens is 286 g/mol. The number of fused-ring (bicyclic) bond motifs is 1. The van der Waals surface area contributed by atoms with E-state index in [0.717, 1.165) is 10.8 Å². The Morgan fingerprint density at radius 1 is 1.18 bits per heavy atom. The van der Waals surface area contributed by atoms with Gasteiger partial charge in [0.25, 0.3) is 5.91 Å². The molecular formula is C16H17NO5. The Labute approximate surface area is 127 Å². The predicted molar refractivity (Wildman–Crippen MR) is 80.7 cm³/mol. The Morgan fingerprint density at radius 2 is 1.86 bits per heavy atom. The summed E-state index contributed by atoms with van der Waals surface area (Å²) in [6.07, 6.45) is -1.20. The number of aliphatic carboxylic acids is 1. The van der Waals surface area contributed by atoms with Crippen LogP contribution in [0.5, 0.6) is 5.75 Å². The van der Waals surface area contributed by atoms with E-state index in [1.807, 2.05) is 36.4 Å². The lowest BCUT2D eigenvalue weighted by atomic mass is 10.1. The molecule has 0 aliphatic rings. The van der Waals surface area contributed by atoms with Crippen molar-refractivity contribution in [1.82, 2.24) is 5.32 Å². The van der Waals surface area contributed by atoms with E-state index in [9.17, 15) is 14.7 Å². The largest absolute Gasteiger partial charge is 0.483 e. The van der Waals surface area contributed by atoms with Crippen LogP contribution in [-0.2, 0) is 9.59 Å². The van der Waals surface area contributed by atoms with Crippen molar-refractivity contribution in [2.75, 3.05) is 6.61 Å². The van der Waals surface area contributed by atoms with E-state index in [1.54, 1.807) is 6.07 Å². The van der Waals surface area contributed by atoms with Gasteiger partial charge < -0.3 is 20.3 Å². The number of hydrogen-bond donors (Lipinski definition) is 3. The van der Waals surface area contributed by atoms with Crippen molar-refractivity contribution >= 4 is 22.6 Å². The highest BCUT2D eigenvalue weighted by Gasteiger charge is 2.25. The predicted octanol–water partition coefficient (Wildman–Crippen LogP) is 1.17. The Bertz CT molecular complexity index is 678. The molecule has 2 aromatic carbocycles. The van der Waals surface area contributed by atoms with Crippen LogP contribution in [0.1, 0.15) is 6.92 Å². The fourth-order valence-electron chi connectivity index (χ4n) is 2.07. The van der Waals surface area contributed by atoms with E-state index in [0.29, 0.717) is 5.75 Å². The number of aliphatic hydroxyl groups is 1. The molecule has 1 amide bonds. The van der Waals surface area contributed by atoms with E-state index in [4.69, 9.17) is 9.84 Å². The first-order valence-electron chi connectivity index (χ1n) is 6.80. The number of carboxylic acid groups (broad SMARTS) is 1. The minimum absolute atomic E-state index is 0.329. The fourth-order valence-corrected chi connectivity index (χ4v) is 2.07. The van der Waals surface area contributed by atoms with Crippen molar-refractivity contribution in [1.29, 1.82) is 0 Å². The molecule has 2 rings (SSSR count). The number of carbonyl (C=O) groups is 2. The van der Waals surface area contributed by atoms with Gasteiger partial charge in [0.1, 0.15) is 5.75 Å². The summed E-state index contributed by atoms with van der Waals surface area (Å²) in [6, 6.07) is 11.7. The van der Waals surface area contributed by atoms with Crippen molar-refractivity contribution in [2.45, 2.75) is 19.1 Å². The summed E-state index contributed by atoms with van der Waals surface area (Å²) < 4.78 is 5.45. The number of hydrogen-bond acceptors (Lipinski definition) is 4. The van der Waals surface area contributed by atoms with Gasteiger partial charge in [0.2, 0.25) is 0 Å². The monoisotopic (exact) mass is 303 g/mol. The molecule has 0 heterocycles. The maximum absolute atomic E-state index is 11.8. The molecule has 0 aliphatic heterocycles. The van der Waals surface area contributed by atoms with E-state index in [2.05, 4.69) is 5.32 Å². The molecule has 22 heavy (non-hydrogen) atoms. The molecule has 0 saturated heterocycles. The lowest BCUT2D eigenvalue weighted by Gasteiger charge is -2.17. The highest BCUT2D eigenvalue weighted by Crippen LogP contribution is 2.24. The molecule has 0 fully saturated rings. The third-order valence-electron chi connectivity index (χ3n) is 3.17. The zero-order chi connectivity index (χ0) is 16.1. The van der Waals surface area contributed by atoms with Gasteiger partial charge in [-0.05, 0) is 18.4 Å². The molecule has 6 nitrogen and oxygen atoms in total. The Balaban J connectivity index is 2.03. The molecule has 0 radical (unpaired) electrons. The second-order valence-corrected chi connectivity index (χ2v) is 4.89. The molecule has 2 aromatic rings. The fraction of sp³-hybridized carbons (Fsp3) is 0.250. The van der Waals surface area contributed by atoms with Gasteiger partial charge in [-0.25, -0.2) is 4.79 Å². The molecule has 0 saturated carbocycles. The van der Waals surface area contributed by atoms with E-state index < -0.39 is 24.0 Å². The smallest absolute Gasteiger partial charge is 0.328 e. The highest BCUT2D eigenvalue weighted by atomic mass is 16.5. The third kappa shape index (κ3) is 3.73. The number of carboxylic acids is 1. The molecule has 0 bridgehead atoms.